The van der Waals surface area contributed by atoms with Crippen molar-refractivity contribution in [1.82, 2.24) is 0 Å². The summed E-state index contributed by atoms with van der Waals surface area (Å²) in [6.07, 6.45) is 2.95. The summed E-state index contributed by atoms with van der Waals surface area (Å²) in [5.41, 5.74) is 0.0225. The average Bonchev–Trinajstić information content (AvgIpc) is 2.39. The summed E-state index contributed by atoms with van der Waals surface area (Å²) in [6, 6.07) is 0. The zero-order valence-electron chi connectivity index (χ0n) is 10.6. The van der Waals surface area contributed by atoms with Gasteiger partial charge in [-0.05, 0) is 6.42 Å². The maximum absolute atomic E-state index is 5.98. The molecule has 0 aromatic heterocycles. The van der Waals surface area contributed by atoms with E-state index in [2.05, 4.69) is 22.6 Å². The molecule has 4 nitrogen and oxygen atoms in total. The van der Waals surface area contributed by atoms with Crippen molar-refractivity contribution in [3.8, 4) is 0 Å². The molecular formula is C12H23IO4. The number of hydrogen-bond acceptors (Lipinski definition) is 4. The molecule has 17 heavy (non-hydrogen) atoms. The zero-order chi connectivity index (χ0) is 12.4. The molecule has 0 aromatic carbocycles. The predicted octanol–water partition coefficient (Wildman–Crippen LogP) is 2.04. The Kier molecular flexibility index (Phi) is 8.73. The van der Waals surface area contributed by atoms with Gasteiger partial charge in [-0.2, -0.15) is 0 Å². The maximum atomic E-state index is 5.98. The molecule has 0 N–H and O–H groups in total. The molecule has 1 saturated heterocycles. The van der Waals surface area contributed by atoms with Crippen LogP contribution in [0.5, 0.6) is 0 Å². The van der Waals surface area contributed by atoms with Crippen LogP contribution in [0.2, 0.25) is 0 Å². The van der Waals surface area contributed by atoms with Crippen LogP contribution in [0.4, 0.5) is 0 Å². The second-order valence-corrected chi connectivity index (χ2v) is 5.00. The molecular weight excluding hydrogens is 335 g/mol. The molecule has 0 saturated carbocycles. The number of hydrogen-bond donors (Lipinski definition) is 0. The molecule has 5 heteroatoms. The van der Waals surface area contributed by atoms with Crippen molar-refractivity contribution in [1.29, 1.82) is 0 Å². The summed E-state index contributed by atoms with van der Waals surface area (Å²) in [5, 5.41) is 0. The average molecular weight is 358 g/mol. The van der Waals surface area contributed by atoms with Crippen molar-refractivity contribution in [2.24, 2.45) is 0 Å². The maximum Gasteiger partial charge on any atom is 0.0816 e. The van der Waals surface area contributed by atoms with Crippen LogP contribution in [0.3, 0.4) is 0 Å². The van der Waals surface area contributed by atoms with Crippen LogP contribution < -0.4 is 0 Å². The fraction of sp³-hybridized carbons (Fsp3) is 1.00. The fourth-order valence-corrected chi connectivity index (χ4v) is 2.77. The van der Waals surface area contributed by atoms with Gasteiger partial charge in [0, 0.05) is 50.8 Å². The molecule has 0 aromatic rings. The van der Waals surface area contributed by atoms with E-state index < -0.39 is 0 Å². The predicted molar refractivity (Wildman–Crippen MR) is 74.9 cm³/mol. The Labute approximate surface area is 117 Å². The molecule has 1 aliphatic rings. The van der Waals surface area contributed by atoms with Crippen molar-refractivity contribution in [3.05, 3.63) is 0 Å². The van der Waals surface area contributed by atoms with E-state index in [4.69, 9.17) is 18.9 Å². The van der Waals surface area contributed by atoms with Crippen LogP contribution in [0, 0.1) is 0 Å². The first kappa shape index (κ1) is 15.6. The van der Waals surface area contributed by atoms with E-state index in [0.29, 0.717) is 13.2 Å². The van der Waals surface area contributed by atoms with Crippen molar-refractivity contribution in [3.63, 3.8) is 0 Å². The highest BCUT2D eigenvalue weighted by Crippen LogP contribution is 2.27. The molecule has 0 spiro atoms. The van der Waals surface area contributed by atoms with Gasteiger partial charge in [0.1, 0.15) is 0 Å². The summed E-state index contributed by atoms with van der Waals surface area (Å²) in [7, 11) is 1.71. The van der Waals surface area contributed by atoms with Crippen LogP contribution >= 0.6 is 22.6 Å². The minimum atomic E-state index is 0.0225. The van der Waals surface area contributed by atoms with Gasteiger partial charge in [0.05, 0.1) is 18.8 Å². The molecule has 0 amide bonds. The lowest BCUT2D eigenvalue weighted by Gasteiger charge is -2.35. The van der Waals surface area contributed by atoms with E-state index in [1.807, 2.05) is 0 Å². The van der Waals surface area contributed by atoms with Crippen molar-refractivity contribution in [2.75, 3.05) is 51.2 Å². The fourth-order valence-electron chi connectivity index (χ4n) is 1.78. The Balaban J connectivity index is 2.03. The number of halogens is 1. The Bertz CT molecular complexity index is 183. The topological polar surface area (TPSA) is 36.9 Å². The molecule has 0 unspecified atom stereocenters. The van der Waals surface area contributed by atoms with E-state index in [1.165, 1.54) is 0 Å². The molecule has 1 fully saturated rings. The monoisotopic (exact) mass is 358 g/mol. The molecule has 102 valence electrons. The third kappa shape index (κ3) is 6.33. The quantitative estimate of drug-likeness (QED) is 0.359. The second-order valence-electron chi connectivity index (χ2n) is 4.24. The standard InChI is InChI=1S/C12H23IO4/c1-14-5-2-6-15-9-10-17-12(11-13)3-7-16-8-4-12/h2-11H2,1H3. The smallest absolute Gasteiger partial charge is 0.0816 e. The lowest BCUT2D eigenvalue weighted by molar-refractivity contribution is -0.106. The summed E-state index contributed by atoms with van der Waals surface area (Å²) in [5.74, 6) is 0. The molecule has 1 rings (SSSR count). The molecule has 0 aliphatic carbocycles. The highest BCUT2D eigenvalue weighted by atomic mass is 127. The van der Waals surface area contributed by atoms with E-state index in [1.54, 1.807) is 7.11 Å². The summed E-state index contributed by atoms with van der Waals surface area (Å²) < 4.78 is 22.8. The van der Waals surface area contributed by atoms with Crippen LogP contribution in [0.1, 0.15) is 19.3 Å². The van der Waals surface area contributed by atoms with Gasteiger partial charge in [0.25, 0.3) is 0 Å². The van der Waals surface area contributed by atoms with E-state index in [-0.39, 0.29) is 5.60 Å². The third-order valence-corrected chi connectivity index (χ3v) is 4.31. The molecule has 0 atom stereocenters. The first-order valence-corrected chi connectivity index (χ1v) is 7.70. The first-order valence-electron chi connectivity index (χ1n) is 6.17. The van der Waals surface area contributed by atoms with Gasteiger partial charge >= 0.3 is 0 Å². The lowest BCUT2D eigenvalue weighted by Crippen LogP contribution is -2.41. The minimum absolute atomic E-state index is 0.0225. The van der Waals surface area contributed by atoms with Gasteiger partial charge in [0.15, 0.2) is 0 Å². The summed E-state index contributed by atoms with van der Waals surface area (Å²) in [6.45, 7) is 4.49. The van der Waals surface area contributed by atoms with Crippen LogP contribution in [0.25, 0.3) is 0 Å². The normalized spacial score (nSPS) is 19.4. The Morgan fingerprint density at radius 3 is 2.53 bits per heavy atom. The second kappa shape index (κ2) is 9.49. The van der Waals surface area contributed by atoms with Gasteiger partial charge in [-0.15, -0.1) is 0 Å². The van der Waals surface area contributed by atoms with Crippen molar-refractivity contribution >= 4 is 22.6 Å². The first-order chi connectivity index (χ1) is 8.33. The number of alkyl halides is 1. The van der Waals surface area contributed by atoms with Crippen molar-refractivity contribution < 1.29 is 18.9 Å². The zero-order valence-corrected chi connectivity index (χ0v) is 12.7. The van der Waals surface area contributed by atoms with E-state index >= 15 is 0 Å². The SMILES string of the molecule is COCCCOCCOC1(CI)CCOCC1. The Morgan fingerprint density at radius 2 is 1.88 bits per heavy atom. The Morgan fingerprint density at radius 1 is 1.12 bits per heavy atom. The minimum Gasteiger partial charge on any atom is -0.385 e. The van der Waals surface area contributed by atoms with E-state index in [0.717, 1.165) is 50.1 Å². The van der Waals surface area contributed by atoms with Gasteiger partial charge in [-0.25, -0.2) is 0 Å². The third-order valence-electron chi connectivity index (χ3n) is 2.92. The molecule has 1 heterocycles. The number of ether oxygens (including phenoxy) is 4. The number of methoxy groups -OCH3 is 1. The van der Waals surface area contributed by atoms with Gasteiger partial charge in [0.2, 0.25) is 0 Å². The molecule has 0 bridgehead atoms. The van der Waals surface area contributed by atoms with Gasteiger partial charge in [-0.3, -0.25) is 0 Å². The highest BCUT2D eigenvalue weighted by molar-refractivity contribution is 14.1. The largest absolute Gasteiger partial charge is 0.385 e. The number of rotatable bonds is 9. The summed E-state index contributed by atoms with van der Waals surface area (Å²) in [4.78, 5) is 0. The summed E-state index contributed by atoms with van der Waals surface area (Å²) >= 11 is 2.40. The van der Waals surface area contributed by atoms with Gasteiger partial charge in [-0.1, -0.05) is 22.6 Å². The van der Waals surface area contributed by atoms with Crippen molar-refractivity contribution in [2.45, 2.75) is 24.9 Å². The Hall–Kier alpha value is 0.570. The van der Waals surface area contributed by atoms with Crippen LogP contribution in [-0.4, -0.2) is 56.8 Å². The van der Waals surface area contributed by atoms with E-state index in [9.17, 15) is 0 Å². The lowest BCUT2D eigenvalue weighted by atomic mass is 9.97. The van der Waals surface area contributed by atoms with Gasteiger partial charge < -0.3 is 18.9 Å². The highest BCUT2D eigenvalue weighted by Gasteiger charge is 2.32. The molecule has 1 aliphatic heterocycles. The van der Waals surface area contributed by atoms with Crippen LogP contribution in [-0.2, 0) is 18.9 Å². The molecule has 0 radical (unpaired) electrons. The van der Waals surface area contributed by atoms with Crippen LogP contribution in [0.15, 0.2) is 0 Å².